The molecule has 2 N–H and O–H groups in total. The number of carbonyl (C=O) groups excluding carboxylic acids is 3. The Morgan fingerprint density at radius 2 is 2.10 bits per heavy atom. The molecule has 2 aliphatic heterocycles. The molecular weight excluding hydrogens is 410 g/mol. The van der Waals surface area contributed by atoms with Gasteiger partial charge in [0, 0.05) is 25.3 Å². The molecule has 2 unspecified atom stereocenters. The number of ether oxygens (including phenoxy) is 3. The highest BCUT2D eigenvalue weighted by molar-refractivity contribution is 7.80. The van der Waals surface area contributed by atoms with Crippen molar-refractivity contribution in [3.8, 4) is 5.75 Å². The van der Waals surface area contributed by atoms with Crippen molar-refractivity contribution in [2.45, 2.75) is 31.4 Å². The van der Waals surface area contributed by atoms with Gasteiger partial charge >= 0.3 is 5.97 Å². The molecule has 0 aromatic heterocycles. The van der Waals surface area contributed by atoms with Gasteiger partial charge in [0.05, 0.1) is 19.6 Å². The quantitative estimate of drug-likeness (QED) is 0.495. The van der Waals surface area contributed by atoms with Crippen LogP contribution in [0.2, 0.25) is 0 Å². The topological polar surface area (TPSA) is 106 Å². The van der Waals surface area contributed by atoms with Crippen molar-refractivity contribution in [3.63, 3.8) is 0 Å². The Hall–Kier alpha value is -2.72. The number of nitrogens with one attached hydrogen (secondary N) is 2. The Bertz CT molecular complexity index is 794. The molecule has 2 atom stereocenters. The summed E-state index contributed by atoms with van der Waals surface area (Å²) in [6, 6.07) is 5.71. The summed E-state index contributed by atoms with van der Waals surface area (Å²) in [4.78, 5) is 38.6. The third kappa shape index (κ3) is 5.67. The molecule has 1 aromatic rings. The number of hydrogen-bond donors (Lipinski definition) is 2. The molecular formula is C20H25N3O6S. The molecule has 1 aromatic carbocycles. The van der Waals surface area contributed by atoms with Gasteiger partial charge in [-0.05, 0) is 49.3 Å². The second-order valence-corrected chi connectivity index (χ2v) is 7.40. The molecule has 30 heavy (non-hydrogen) atoms. The minimum Gasteiger partial charge on any atom is -0.497 e. The van der Waals surface area contributed by atoms with Gasteiger partial charge in [-0.2, -0.15) is 0 Å². The SMILES string of the molecule is COc1ccc(C(=O)NC(=S)N2CCNC(=O)C2CC(=O)OCC2CCCO2)cc1. The first-order valence-electron chi connectivity index (χ1n) is 9.79. The number of carbonyl (C=O) groups is 3. The molecule has 2 aliphatic rings. The van der Waals surface area contributed by atoms with Crippen LogP contribution in [0.1, 0.15) is 29.6 Å². The summed E-state index contributed by atoms with van der Waals surface area (Å²) in [5.41, 5.74) is 0.395. The maximum absolute atomic E-state index is 12.5. The normalized spacial score (nSPS) is 21.0. The first-order valence-corrected chi connectivity index (χ1v) is 10.2. The molecule has 0 aliphatic carbocycles. The monoisotopic (exact) mass is 435 g/mol. The number of esters is 1. The molecule has 2 heterocycles. The Morgan fingerprint density at radius 3 is 2.77 bits per heavy atom. The van der Waals surface area contributed by atoms with Gasteiger partial charge < -0.3 is 24.4 Å². The van der Waals surface area contributed by atoms with Gasteiger partial charge in [-0.15, -0.1) is 0 Å². The third-order valence-electron chi connectivity index (χ3n) is 4.98. The van der Waals surface area contributed by atoms with Crippen molar-refractivity contribution in [1.82, 2.24) is 15.5 Å². The van der Waals surface area contributed by atoms with Gasteiger partial charge in [-0.1, -0.05) is 0 Å². The van der Waals surface area contributed by atoms with Crippen molar-refractivity contribution < 1.29 is 28.6 Å². The number of nitrogens with zero attached hydrogens (tertiary/aromatic N) is 1. The van der Waals surface area contributed by atoms with Crippen LogP contribution in [0, 0.1) is 0 Å². The summed E-state index contributed by atoms with van der Waals surface area (Å²) in [5, 5.41) is 5.43. The van der Waals surface area contributed by atoms with Gasteiger partial charge in [-0.3, -0.25) is 19.7 Å². The third-order valence-corrected chi connectivity index (χ3v) is 5.32. The number of rotatable bonds is 6. The zero-order chi connectivity index (χ0) is 21.5. The first kappa shape index (κ1) is 22.0. The van der Waals surface area contributed by atoms with Crippen LogP contribution in [0.4, 0.5) is 0 Å². The number of piperazine rings is 1. The molecule has 162 valence electrons. The zero-order valence-corrected chi connectivity index (χ0v) is 17.5. The van der Waals surface area contributed by atoms with Crippen molar-refractivity contribution in [1.29, 1.82) is 0 Å². The highest BCUT2D eigenvalue weighted by Gasteiger charge is 2.34. The van der Waals surface area contributed by atoms with Gasteiger partial charge in [-0.25, -0.2) is 0 Å². The Labute approximate surface area is 180 Å². The molecule has 2 saturated heterocycles. The fourth-order valence-corrected chi connectivity index (χ4v) is 3.63. The van der Waals surface area contributed by atoms with E-state index in [9.17, 15) is 14.4 Å². The van der Waals surface area contributed by atoms with Crippen molar-refractivity contribution in [2.75, 3.05) is 33.4 Å². The molecule has 0 saturated carbocycles. The summed E-state index contributed by atoms with van der Waals surface area (Å²) >= 11 is 5.35. The Morgan fingerprint density at radius 1 is 1.33 bits per heavy atom. The van der Waals surface area contributed by atoms with E-state index in [0.29, 0.717) is 31.0 Å². The second-order valence-electron chi connectivity index (χ2n) is 7.01. The van der Waals surface area contributed by atoms with Crippen molar-refractivity contribution in [3.05, 3.63) is 29.8 Å². The lowest BCUT2D eigenvalue weighted by Crippen LogP contribution is -2.60. The second kappa shape index (κ2) is 10.4. The summed E-state index contributed by atoms with van der Waals surface area (Å²) in [6.45, 7) is 1.57. The van der Waals surface area contributed by atoms with Crippen LogP contribution in [-0.2, 0) is 19.1 Å². The summed E-state index contributed by atoms with van der Waals surface area (Å²) in [7, 11) is 1.54. The number of methoxy groups -OCH3 is 1. The molecule has 0 spiro atoms. The molecule has 10 heteroatoms. The lowest BCUT2D eigenvalue weighted by molar-refractivity contribution is -0.150. The van der Waals surface area contributed by atoms with Crippen LogP contribution in [-0.4, -0.2) is 73.4 Å². The van der Waals surface area contributed by atoms with E-state index >= 15 is 0 Å². The fourth-order valence-electron chi connectivity index (χ4n) is 3.32. The molecule has 0 bridgehead atoms. The molecule has 3 rings (SSSR count). The van der Waals surface area contributed by atoms with E-state index in [1.807, 2.05) is 0 Å². The van der Waals surface area contributed by atoms with Crippen LogP contribution in [0.15, 0.2) is 24.3 Å². The maximum atomic E-state index is 12.5. The fraction of sp³-hybridized carbons (Fsp3) is 0.500. The zero-order valence-electron chi connectivity index (χ0n) is 16.7. The van der Waals surface area contributed by atoms with E-state index < -0.39 is 17.9 Å². The lowest BCUT2D eigenvalue weighted by atomic mass is 10.1. The van der Waals surface area contributed by atoms with E-state index in [2.05, 4.69) is 10.6 Å². The Kier molecular flexibility index (Phi) is 7.58. The predicted molar refractivity (Wildman–Crippen MR) is 111 cm³/mol. The summed E-state index contributed by atoms with van der Waals surface area (Å²) < 4.78 is 15.8. The molecule has 9 nitrogen and oxygen atoms in total. The van der Waals surface area contributed by atoms with E-state index in [1.54, 1.807) is 29.2 Å². The predicted octanol–water partition coefficient (Wildman–Crippen LogP) is 0.623. The van der Waals surface area contributed by atoms with Gasteiger partial charge in [0.25, 0.3) is 5.91 Å². The maximum Gasteiger partial charge on any atom is 0.308 e. The Balaban J connectivity index is 1.58. The van der Waals surface area contributed by atoms with Crippen LogP contribution >= 0.6 is 12.2 Å². The lowest BCUT2D eigenvalue weighted by Gasteiger charge is -2.36. The number of benzene rings is 1. The summed E-state index contributed by atoms with van der Waals surface area (Å²) in [6.07, 6.45) is 1.54. The average molecular weight is 436 g/mol. The van der Waals surface area contributed by atoms with Crippen LogP contribution < -0.4 is 15.4 Å². The van der Waals surface area contributed by atoms with Crippen LogP contribution in [0.3, 0.4) is 0 Å². The average Bonchev–Trinajstić information content (AvgIpc) is 3.27. The minimum absolute atomic E-state index is 0.0857. The van der Waals surface area contributed by atoms with E-state index in [0.717, 1.165) is 12.8 Å². The minimum atomic E-state index is -0.848. The number of thiocarbonyl (C=S) groups is 1. The largest absolute Gasteiger partial charge is 0.497 e. The smallest absolute Gasteiger partial charge is 0.308 e. The first-order chi connectivity index (χ1) is 14.5. The number of amides is 2. The van der Waals surface area contributed by atoms with Crippen molar-refractivity contribution in [2.24, 2.45) is 0 Å². The van der Waals surface area contributed by atoms with Gasteiger partial charge in [0.2, 0.25) is 5.91 Å². The van der Waals surface area contributed by atoms with Gasteiger partial charge in [0.1, 0.15) is 18.4 Å². The highest BCUT2D eigenvalue weighted by Crippen LogP contribution is 2.15. The van der Waals surface area contributed by atoms with Gasteiger partial charge in [0.15, 0.2) is 5.11 Å². The molecule has 0 radical (unpaired) electrons. The molecule has 2 amide bonds. The van der Waals surface area contributed by atoms with Crippen LogP contribution in [0.25, 0.3) is 0 Å². The standard InChI is InChI=1S/C20H25N3O6S/c1-27-14-6-4-13(5-7-14)18(25)22-20(30)23-9-8-21-19(26)16(23)11-17(24)29-12-15-3-2-10-28-15/h4-7,15-16H,2-3,8-12H2,1H3,(H,21,26)(H,22,25,30). The van der Waals surface area contributed by atoms with E-state index in [4.69, 9.17) is 26.4 Å². The number of hydrogen-bond acceptors (Lipinski definition) is 7. The molecule has 2 fully saturated rings. The highest BCUT2D eigenvalue weighted by atomic mass is 32.1. The van der Waals surface area contributed by atoms with Crippen molar-refractivity contribution >= 4 is 35.1 Å². The van der Waals surface area contributed by atoms with Crippen LogP contribution in [0.5, 0.6) is 5.75 Å². The van der Waals surface area contributed by atoms with E-state index in [-0.39, 0.29) is 30.2 Å². The summed E-state index contributed by atoms with van der Waals surface area (Å²) in [5.74, 6) is -0.630. The van der Waals surface area contributed by atoms with E-state index in [1.165, 1.54) is 7.11 Å².